The lowest BCUT2D eigenvalue weighted by Gasteiger charge is -2.47. The Morgan fingerprint density at radius 3 is 2.37 bits per heavy atom. The van der Waals surface area contributed by atoms with Gasteiger partial charge in [0.25, 0.3) is 5.91 Å². The lowest BCUT2D eigenvalue weighted by molar-refractivity contribution is -0.256. The van der Waals surface area contributed by atoms with Gasteiger partial charge in [0.15, 0.2) is 5.82 Å². The van der Waals surface area contributed by atoms with Crippen LogP contribution < -0.4 is 4.74 Å². The minimum Gasteiger partial charge on any atom is -0.477 e. The fourth-order valence-corrected chi connectivity index (χ4v) is 6.18. The van der Waals surface area contributed by atoms with Gasteiger partial charge in [-0.2, -0.15) is 13.2 Å². The van der Waals surface area contributed by atoms with Crippen molar-refractivity contribution < 1.29 is 22.7 Å². The lowest BCUT2D eigenvalue weighted by atomic mass is 9.67. The zero-order chi connectivity index (χ0) is 28.6. The van der Waals surface area contributed by atoms with Gasteiger partial charge in [0.2, 0.25) is 5.88 Å². The molecule has 41 heavy (non-hydrogen) atoms. The monoisotopic (exact) mass is 568 g/mol. The number of nitrogens with zero attached hydrogens (tertiary/aromatic N) is 6. The number of piperidine rings is 1. The number of aryl methyl sites for hydroxylation is 1. The molecule has 3 aromatic rings. The molecule has 1 saturated heterocycles. The van der Waals surface area contributed by atoms with Crippen molar-refractivity contribution >= 4 is 5.91 Å². The quantitative estimate of drug-likeness (QED) is 0.394. The van der Waals surface area contributed by atoms with Gasteiger partial charge in [-0.15, -0.1) is 10.2 Å². The Hall–Kier alpha value is -3.47. The molecule has 2 aliphatic heterocycles. The highest BCUT2D eigenvalue weighted by Gasteiger charge is 2.58. The fourth-order valence-electron chi connectivity index (χ4n) is 6.18. The first-order valence-corrected chi connectivity index (χ1v) is 14.4. The van der Waals surface area contributed by atoms with E-state index in [0.29, 0.717) is 63.1 Å². The predicted molar refractivity (Wildman–Crippen MR) is 146 cm³/mol. The summed E-state index contributed by atoms with van der Waals surface area (Å²) in [4.78, 5) is 21.3. The number of carbonyl (C=O) groups is 1. The van der Waals surface area contributed by atoms with Crippen molar-refractivity contribution in [3.05, 3.63) is 59.8 Å². The number of hydrogen-bond donors (Lipinski definition) is 0. The number of carbonyl (C=O) groups excluding carboxylic acids is 1. The highest BCUT2D eigenvalue weighted by atomic mass is 19.4. The molecule has 4 heterocycles. The smallest absolute Gasteiger partial charge is 0.395 e. The fraction of sp³-hybridized carbons (Fsp3) is 0.533. The molecular weight excluding hydrogens is 533 g/mol. The minimum atomic E-state index is -4.11. The maximum atomic E-state index is 13.5. The van der Waals surface area contributed by atoms with Crippen LogP contribution in [-0.4, -0.2) is 74.4 Å². The number of hydrogen-bond acceptors (Lipinski definition) is 6. The maximum absolute atomic E-state index is 13.5. The van der Waals surface area contributed by atoms with E-state index in [1.54, 1.807) is 11.1 Å². The SMILES string of the molecule is Cc1nnc2n1CCN(C(=O)c1ccc(-c3ccc(OCC4CCN(CC5(C(F)(F)F)CCC5)CC4)nc3)cc1)C2. The van der Waals surface area contributed by atoms with Crippen LogP contribution in [0, 0.1) is 18.3 Å². The van der Waals surface area contributed by atoms with Gasteiger partial charge in [-0.1, -0.05) is 18.6 Å². The van der Waals surface area contributed by atoms with E-state index < -0.39 is 11.6 Å². The van der Waals surface area contributed by atoms with Gasteiger partial charge in [-0.3, -0.25) is 4.79 Å². The summed E-state index contributed by atoms with van der Waals surface area (Å²) in [7, 11) is 0. The average molecular weight is 569 g/mol. The number of halogens is 3. The predicted octanol–water partition coefficient (Wildman–Crippen LogP) is 5.13. The van der Waals surface area contributed by atoms with E-state index >= 15 is 0 Å². The molecule has 0 N–H and O–H groups in total. The standard InChI is InChI=1S/C30H35F3N6O2/c1-21-35-36-26-18-38(15-16-39(21)26)28(40)24-5-3-23(4-6-24)25-7-8-27(34-17-25)41-19-22-9-13-37(14-10-22)20-29(11-2-12-29)30(31,32)33/h3-8,17,22H,2,9-16,18-20H2,1H3. The molecule has 2 aromatic heterocycles. The number of alkyl halides is 3. The molecule has 0 atom stereocenters. The van der Waals surface area contributed by atoms with Crippen LogP contribution in [0.1, 0.15) is 54.1 Å². The highest BCUT2D eigenvalue weighted by molar-refractivity contribution is 5.94. The third-order valence-corrected chi connectivity index (χ3v) is 9.04. The Bertz CT molecular complexity index is 1360. The van der Waals surface area contributed by atoms with Crippen LogP contribution in [0.3, 0.4) is 0 Å². The molecule has 1 amide bonds. The van der Waals surface area contributed by atoms with Gasteiger partial charge in [-0.25, -0.2) is 4.98 Å². The van der Waals surface area contributed by atoms with Crippen LogP contribution in [0.25, 0.3) is 11.1 Å². The molecule has 218 valence electrons. The molecule has 0 bridgehead atoms. The first kappa shape index (κ1) is 27.7. The third kappa shape index (κ3) is 5.68. The van der Waals surface area contributed by atoms with Crippen LogP contribution in [0.5, 0.6) is 5.88 Å². The molecule has 0 spiro atoms. The van der Waals surface area contributed by atoms with E-state index in [4.69, 9.17) is 4.74 Å². The molecule has 1 aromatic carbocycles. The van der Waals surface area contributed by atoms with Crippen molar-refractivity contribution in [2.24, 2.45) is 11.3 Å². The molecular formula is C30H35F3N6O2. The van der Waals surface area contributed by atoms with Crippen LogP contribution in [0.4, 0.5) is 13.2 Å². The van der Waals surface area contributed by atoms with Gasteiger partial charge in [0.1, 0.15) is 5.82 Å². The van der Waals surface area contributed by atoms with Crippen molar-refractivity contribution in [3.8, 4) is 17.0 Å². The first-order valence-electron chi connectivity index (χ1n) is 14.4. The highest BCUT2D eigenvalue weighted by Crippen LogP contribution is 2.53. The Labute approximate surface area is 237 Å². The summed E-state index contributed by atoms with van der Waals surface area (Å²) in [5.74, 6) is 2.48. The van der Waals surface area contributed by atoms with Crippen molar-refractivity contribution in [2.45, 2.75) is 58.3 Å². The average Bonchev–Trinajstić information content (AvgIpc) is 3.33. The topological polar surface area (TPSA) is 76.4 Å². The summed E-state index contributed by atoms with van der Waals surface area (Å²) >= 11 is 0. The zero-order valence-electron chi connectivity index (χ0n) is 23.2. The summed E-state index contributed by atoms with van der Waals surface area (Å²) in [6, 6.07) is 11.3. The Morgan fingerprint density at radius 1 is 1.00 bits per heavy atom. The van der Waals surface area contributed by atoms with E-state index in [9.17, 15) is 18.0 Å². The van der Waals surface area contributed by atoms with Gasteiger partial charge in [-0.05, 0) is 75.4 Å². The number of amides is 1. The second kappa shape index (κ2) is 11.1. The number of benzene rings is 1. The van der Waals surface area contributed by atoms with Crippen LogP contribution in [0.2, 0.25) is 0 Å². The normalized spacial score (nSPS) is 19.5. The maximum Gasteiger partial charge on any atom is 0.395 e. The second-order valence-corrected chi connectivity index (χ2v) is 11.7. The summed E-state index contributed by atoms with van der Waals surface area (Å²) in [5.41, 5.74) is 0.998. The van der Waals surface area contributed by atoms with Crippen LogP contribution in [-0.2, 0) is 13.1 Å². The molecule has 0 unspecified atom stereocenters. The molecule has 11 heteroatoms. The molecule has 3 aliphatic rings. The number of ether oxygens (including phenoxy) is 1. The number of pyridine rings is 1. The number of fused-ring (bicyclic) bond motifs is 1. The van der Waals surface area contributed by atoms with Gasteiger partial charge in [0.05, 0.1) is 18.6 Å². The van der Waals surface area contributed by atoms with E-state index in [-0.39, 0.29) is 25.3 Å². The molecule has 2 fully saturated rings. The van der Waals surface area contributed by atoms with Crippen molar-refractivity contribution in [1.29, 1.82) is 0 Å². The number of likely N-dealkylation sites (tertiary alicyclic amines) is 1. The van der Waals surface area contributed by atoms with Crippen LogP contribution in [0.15, 0.2) is 42.6 Å². The molecule has 0 radical (unpaired) electrons. The summed E-state index contributed by atoms with van der Waals surface area (Å²) in [6.45, 7) is 5.67. The summed E-state index contributed by atoms with van der Waals surface area (Å²) in [6.07, 6.45) is 0.484. The largest absolute Gasteiger partial charge is 0.477 e. The van der Waals surface area contributed by atoms with E-state index in [2.05, 4.69) is 15.2 Å². The van der Waals surface area contributed by atoms with Crippen molar-refractivity contribution in [3.63, 3.8) is 0 Å². The molecule has 1 aliphatic carbocycles. The molecule has 1 saturated carbocycles. The second-order valence-electron chi connectivity index (χ2n) is 11.7. The lowest BCUT2D eigenvalue weighted by Crippen LogP contribution is -2.53. The number of rotatable bonds is 7. The Morgan fingerprint density at radius 2 is 1.73 bits per heavy atom. The van der Waals surface area contributed by atoms with E-state index in [0.717, 1.165) is 35.6 Å². The summed E-state index contributed by atoms with van der Waals surface area (Å²) < 4.78 is 48.5. The van der Waals surface area contributed by atoms with Gasteiger partial charge in [0, 0.05) is 43.0 Å². The van der Waals surface area contributed by atoms with E-state index in [1.165, 1.54) is 0 Å². The van der Waals surface area contributed by atoms with Crippen LogP contribution >= 0.6 is 0 Å². The van der Waals surface area contributed by atoms with Crippen molar-refractivity contribution in [2.75, 3.05) is 32.8 Å². The van der Waals surface area contributed by atoms with E-state index in [1.807, 2.05) is 52.8 Å². The molecule has 8 nitrogen and oxygen atoms in total. The van der Waals surface area contributed by atoms with Crippen molar-refractivity contribution in [1.82, 2.24) is 29.5 Å². The third-order valence-electron chi connectivity index (χ3n) is 9.04. The molecule has 6 rings (SSSR count). The Kier molecular flexibility index (Phi) is 7.48. The summed E-state index contributed by atoms with van der Waals surface area (Å²) in [5, 5.41) is 8.28. The zero-order valence-corrected chi connectivity index (χ0v) is 23.2. The number of aromatic nitrogens is 4. The first-order chi connectivity index (χ1) is 19.7. The van der Waals surface area contributed by atoms with Gasteiger partial charge < -0.3 is 19.1 Å². The Balaban J connectivity index is 0.975. The minimum absolute atomic E-state index is 0.0287. The van der Waals surface area contributed by atoms with Gasteiger partial charge >= 0.3 is 6.18 Å².